The third-order valence-electron chi connectivity index (χ3n) is 25.9. The predicted molar refractivity (Wildman–Crippen MR) is 520 cm³/mol. The van der Waals surface area contributed by atoms with Crippen molar-refractivity contribution in [1.82, 2.24) is 19.9 Å². The fraction of sp³-hybridized carbons (Fsp3) is 0.315. The van der Waals surface area contributed by atoms with Gasteiger partial charge in [-0.1, -0.05) is 279 Å². The summed E-state index contributed by atoms with van der Waals surface area (Å²) in [6, 6.07) is 71.5. The molecule has 0 radical (unpaired) electrons. The van der Waals surface area contributed by atoms with Crippen LogP contribution in [0.25, 0.3) is 135 Å². The molecule has 0 aliphatic carbocycles. The number of fused-ring (bicyclic) bond motifs is 10. The number of oxazole rings is 4. The maximum atomic E-state index is 13.2. The first-order valence-corrected chi connectivity index (χ1v) is 51.3. The van der Waals surface area contributed by atoms with Gasteiger partial charge in [0.25, 0.3) is 0 Å². The molecule has 0 fully saturated rings. The molecule has 0 bridgehead atoms. The van der Waals surface area contributed by atoms with Gasteiger partial charge in [-0.05, 0) is 191 Å². The zero-order valence-electron chi connectivity index (χ0n) is 74.4. The number of aromatic nitrogens is 4. The summed E-state index contributed by atoms with van der Waals surface area (Å²) in [7, 11) is -3.74. The lowest BCUT2D eigenvalue weighted by molar-refractivity contribution is -0.135. The minimum Gasteiger partial charge on any atom is -0.466 e. The van der Waals surface area contributed by atoms with Crippen LogP contribution in [0, 0.1) is 24.4 Å². The lowest BCUT2D eigenvalue weighted by Crippen LogP contribution is -2.55. The largest absolute Gasteiger partial charge is 0.466 e. The Bertz CT molecular complexity index is 6370. The molecule has 16 rings (SSSR count). The van der Waals surface area contributed by atoms with E-state index in [1.807, 2.05) is 109 Å². The summed E-state index contributed by atoms with van der Waals surface area (Å²) in [6.45, 7) is 9.25. The number of allylic oxidation sites excluding steroid dienone is 2. The molecule has 17 heteroatoms. The monoisotopic (exact) mass is 1730 g/mol. The fourth-order valence-corrected chi connectivity index (χ4v) is 30.4. The zero-order chi connectivity index (χ0) is 88.4. The molecule has 0 amide bonds. The van der Waals surface area contributed by atoms with Gasteiger partial charge < -0.3 is 31.9 Å². The molecule has 15 nitrogen and oxygen atoms in total. The highest BCUT2D eigenvalue weighted by Crippen LogP contribution is 2.44. The van der Waals surface area contributed by atoms with E-state index in [9.17, 15) is 19.2 Å². The molecule has 4 aromatic heterocycles. The SMILES string of the molecule is C#CC#COc1ccc(-c2nc3cc4oc(-c5ccc6c(c5)[Si](CCCCCCCC)(CCCCCCCC)c5cc(-c7ccc8c(c7)[Si](CCCCCCCC)(CCCCCCCC)c7cc(-c9nc%10cc%11oc(-c%12ccc(CC(=O)/C=C/C(=O)Oc%13ccc(-c%14ccc(CC(=O)/C=C/C(=O)OC)cc%14)cc%13)cc%12)nc%11cc%10o9)ccc7-8)ccc5-6)nc4cc3o2)cc1. The number of ketones is 2. The quantitative estimate of drug-likeness (QED) is 0.00871. The molecule has 0 unspecified atom stereocenters. The van der Waals surface area contributed by atoms with Crippen molar-refractivity contribution in [3.8, 4) is 126 Å². The normalized spacial score (nSPS) is 12.8. The van der Waals surface area contributed by atoms with E-state index in [-0.39, 0.29) is 24.4 Å². The van der Waals surface area contributed by atoms with E-state index < -0.39 is 28.1 Å². The molecule has 0 N–H and O–H groups in total. The Morgan fingerprint density at radius 2 is 0.633 bits per heavy atom. The summed E-state index contributed by atoms with van der Waals surface area (Å²) >= 11 is 0. The van der Waals surface area contributed by atoms with E-state index in [2.05, 4.69) is 123 Å². The summed E-state index contributed by atoms with van der Waals surface area (Å²) in [5, 5.41) is 6.24. The topological polar surface area (TPSA) is 200 Å². The Kier molecular flexibility index (Phi) is 28.9. The van der Waals surface area contributed by atoms with E-state index >= 15 is 0 Å². The summed E-state index contributed by atoms with van der Waals surface area (Å²) < 4.78 is 42.1. The molecule has 128 heavy (non-hydrogen) atoms. The van der Waals surface area contributed by atoms with Gasteiger partial charge in [-0.25, -0.2) is 29.5 Å². The van der Waals surface area contributed by atoms with Gasteiger partial charge in [0.2, 0.25) is 23.6 Å². The molecular weight excluding hydrogens is 1620 g/mol. The second-order valence-corrected chi connectivity index (χ2v) is 43.2. The third-order valence-corrected chi connectivity index (χ3v) is 36.5. The highest BCUT2D eigenvalue weighted by Gasteiger charge is 2.47. The van der Waals surface area contributed by atoms with Crippen molar-refractivity contribution in [2.75, 3.05) is 7.11 Å². The van der Waals surface area contributed by atoms with Gasteiger partial charge in [0, 0.05) is 77.4 Å². The van der Waals surface area contributed by atoms with Gasteiger partial charge in [-0.3, -0.25) is 9.59 Å². The summed E-state index contributed by atoms with van der Waals surface area (Å²) in [5.41, 5.74) is 20.3. The van der Waals surface area contributed by atoms with Crippen LogP contribution in [-0.2, 0) is 36.8 Å². The van der Waals surface area contributed by atoms with Gasteiger partial charge >= 0.3 is 11.9 Å². The van der Waals surface area contributed by atoms with E-state index in [0.717, 1.165) is 62.2 Å². The lowest BCUT2D eigenvalue weighted by atomic mass is 9.97. The zero-order valence-corrected chi connectivity index (χ0v) is 76.4. The van der Waals surface area contributed by atoms with Crippen LogP contribution in [0.15, 0.2) is 236 Å². The molecule has 0 saturated carbocycles. The van der Waals surface area contributed by atoms with Gasteiger partial charge in [0.15, 0.2) is 33.9 Å². The molecular formula is C111H112N4O11Si2. The minimum atomic E-state index is -2.51. The number of carbonyl (C=O) groups is 4. The first-order valence-electron chi connectivity index (χ1n) is 46.5. The molecule has 2 aliphatic heterocycles. The molecule has 0 spiro atoms. The molecule has 650 valence electrons. The smallest absolute Gasteiger partial charge is 0.336 e. The van der Waals surface area contributed by atoms with Crippen LogP contribution >= 0.6 is 0 Å². The number of carbonyl (C=O) groups excluding carboxylic acids is 4. The van der Waals surface area contributed by atoms with E-state index in [1.54, 1.807) is 22.5 Å². The van der Waals surface area contributed by atoms with Crippen molar-refractivity contribution < 1.29 is 51.1 Å². The second kappa shape index (κ2) is 41.8. The van der Waals surface area contributed by atoms with Crippen LogP contribution in [-0.4, -0.2) is 66.7 Å². The molecule has 0 saturated heterocycles. The first-order chi connectivity index (χ1) is 62.7. The number of terminal acetylenes is 1. The summed E-state index contributed by atoms with van der Waals surface area (Å²) in [6.07, 6.45) is 42.6. The van der Waals surface area contributed by atoms with Gasteiger partial charge in [-0.2, -0.15) is 0 Å². The van der Waals surface area contributed by atoms with Crippen LogP contribution < -0.4 is 30.2 Å². The number of methoxy groups -OCH3 is 1. The van der Waals surface area contributed by atoms with Crippen LogP contribution in [0.3, 0.4) is 0 Å². The second-order valence-electron chi connectivity index (χ2n) is 34.7. The Labute approximate surface area is 752 Å². The molecule has 0 atom stereocenters. The van der Waals surface area contributed by atoms with Crippen molar-refractivity contribution >= 4 is 105 Å². The number of hydrogen-bond acceptors (Lipinski definition) is 15. The first kappa shape index (κ1) is 88.6. The van der Waals surface area contributed by atoms with Crippen molar-refractivity contribution in [3.05, 3.63) is 230 Å². The lowest BCUT2D eigenvalue weighted by Gasteiger charge is -2.31. The average Bonchev–Trinajstić information content (AvgIpc) is 1.55. The van der Waals surface area contributed by atoms with E-state index in [4.69, 9.17) is 53.5 Å². The number of hydrogen-bond donors (Lipinski definition) is 0. The fourth-order valence-electron chi connectivity index (χ4n) is 19.1. The third kappa shape index (κ3) is 20.4. The molecule has 10 aromatic carbocycles. The highest BCUT2D eigenvalue weighted by molar-refractivity contribution is 7.06. The van der Waals surface area contributed by atoms with Crippen molar-refractivity contribution in [2.45, 2.75) is 219 Å². The number of benzene rings is 10. The molecule has 6 heterocycles. The highest BCUT2D eigenvalue weighted by atomic mass is 28.3. The Morgan fingerprint density at radius 3 is 0.992 bits per heavy atom. The van der Waals surface area contributed by atoms with Crippen molar-refractivity contribution in [3.63, 3.8) is 0 Å². The molecule has 14 aromatic rings. The summed E-state index contributed by atoms with van der Waals surface area (Å²) in [4.78, 5) is 70.1. The number of rotatable bonds is 44. The van der Waals surface area contributed by atoms with Crippen LogP contribution in [0.1, 0.15) is 193 Å². The minimum absolute atomic E-state index is 0.0669. The number of unbranched alkanes of at least 4 members (excludes halogenated alkanes) is 20. The number of ether oxygens (including phenoxy) is 3. The maximum absolute atomic E-state index is 13.2. The van der Waals surface area contributed by atoms with E-state index in [0.29, 0.717) is 73.9 Å². The standard InChI is InChI=1S/C111H112N4O11Si2/c1-7-12-17-21-25-29-62-127(63-30-26-22-18-13-8-2)102-68-82(83-46-56-91-93-58-48-85(71-105(93)128(103(91)69-83,64-31-27-23-19-14-9-3)65-32-28-24-20-15-10-4)111-115-97-75-99-95(73-101(97)126-111)113-109(124-99)81-43-51-88(52-44-81)121-61-16-11-5)45-55-90(102)92-57-47-84(70-104(92)127)110-114-96-74-98-94(72-100(96)125-110)112-108(123-98)80-39-35-77(36-40-80)67-87(117)50-60-107(119)122-89-53-41-79(42-54-89)78-37-33-76(34-38-78)66-86(116)49-59-106(118)120-6/h5,33-60,68-75H,7-10,12-15,17-32,62-67H2,1-4,6H3/b59-49+,60-50+. The Hall–Kier alpha value is -12.8. The Balaban J connectivity index is 0.659. The van der Waals surface area contributed by atoms with Crippen LogP contribution in [0.5, 0.6) is 11.5 Å². The van der Waals surface area contributed by atoms with Gasteiger partial charge in [0.05, 0.1) is 7.11 Å². The average molecular weight is 1730 g/mol. The van der Waals surface area contributed by atoms with Crippen LogP contribution in [0.2, 0.25) is 24.2 Å². The number of esters is 2. The van der Waals surface area contributed by atoms with Gasteiger partial charge in [0.1, 0.15) is 55.8 Å². The summed E-state index contributed by atoms with van der Waals surface area (Å²) in [5.74, 6) is 6.00. The van der Waals surface area contributed by atoms with Crippen molar-refractivity contribution in [2.24, 2.45) is 0 Å². The van der Waals surface area contributed by atoms with Crippen LogP contribution in [0.4, 0.5) is 0 Å². The maximum Gasteiger partial charge on any atom is 0.336 e. The predicted octanol–water partition coefficient (Wildman–Crippen LogP) is 25.9. The van der Waals surface area contributed by atoms with E-state index in [1.165, 1.54) is 241 Å². The number of nitrogens with zero attached hydrogens (tertiary/aromatic N) is 4. The van der Waals surface area contributed by atoms with Gasteiger partial charge in [-0.15, -0.1) is 6.42 Å². The van der Waals surface area contributed by atoms with Crippen molar-refractivity contribution in [1.29, 1.82) is 0 Å². The molecule has 2 aliphatic rings. The Morgan fingerprint density at radius 1 is 0.336 bits per heavy atom.